The number of amides is 1. The molecule has 0 radical (unpaired) electrons. The van der Waals surface area contributed by atoms with Crippen LogP contribution in [0.15, 0.2) is 59.1 Å². The SMILES string of the molecule is Cc1onc(-c2ccccc2)c1C(=O)OCC(=O)NCCc1cccc(Cl)c1. The van der Waals surface area contributed by atoms with Gasteiger partial charge in [0.2, 0.25) is 0 Å². The van der Waals surface area contributed by atoms with E-state index in [2.05, 4.69) is 10.5 Å². The first-order valence-corrected chi connectivity index (χ1v) is 9.12. The van der Waals surface area contributed by atoms with Gasteiger partial charge < -0.3 is 14.6 Å². The van der Waals surface area contributed by atoms with E-state index in [1.54, 1.807) is 13.0 Å². The number of hydrogen-bond acceptors (Lipinski definition) is 5. The minimum atomic E-state index is -0.650. The van der Waals surface area contributed by atoms with Crippen LogP contribution in [0.2, 0.25) is 5.02 Å². The fourth-order valence-electron chi connectivity index (χ4n) is 2.70. The Morgan fingerprint density at radius 2 is 1.93 bits per heavy atom. The first-order chi connectivity index (χ1) is 13.5. The van der Waals surface area contributed by atoms with Crippen LogP contribution in [0, 0.1) is 6.92 Å². The summed E-state index contributed by atoms with van der Waals surface area (Å²) in [6.45, 7) is 1.66. The van der Waals surface area contributed by atoms with Crippen molar-refractivity contribution >= 4 is 23.5 Å². The molecule has 0 aliphatic rings. The number of carbonyl (C=O) groups excluding carboxylic acids is 2. The van der Waals surface area contributed by atoms with Gasteiger partial charge in [-0.2, -0.15) is 0 Å². The molecule has 1 amide bonds. The molecule has 1 N–H and O–H groups in total. The molecule has 28 heavy (non-hydrogen) atoms. The number of aromatic nitrogens is 1. The number of benzene rings is 2. The smallest absolute Gasteiger partial charge is 0.344 e. The third-order valence-electron chi connectivity index (χ3n) is 4.07. The lowest BCUT2D eigenvalue weighted by molar-refractivity contribution is -0.124. The van der Waals surface area contributed by atoms with E-state index in [4.69, 9.17) is 20.9 Å². The zero-order chi connectivity index (χ0) is 19.9. The number of nitrogens with one attached hydrogen (secondary N) is 1. The quantitative estimate of drug-likeness (QED) is 0.612. The largest absolute Gasteiger partial charge is 0.452 e. The number of esters is 1. The van der Waals surface area contributed by atoms with E-state index < -0.39 is 5.97 Å². The number of carbonyl (C=O) groups is 2. The van der Waals surface area contributed by atoms with E-state index in [0.717, 1.165) is 11.1 Å². The van der Waals surface area contributed by atoms with Gasteiger partial charge in [-0.15, -0.1) is 0 Å². The predicted molar refractivity (Wildman–Crippen MR) is 105 cm³/mol. The number of halogens is 1. The Hall–Kier alpha value is -3.12. The Bertz CT molecular complexity index is 970. The molecule has 0 atom stereocenters. The summed E-state index contributed by atoms with van der Waals surface area (Å²) in [4.78, 5) is 24.4. The van der Waals surface area contributed by atoms with Gasteiger partial charge in [0.25, 0.3) is 5.91 Å². The Balaban J connectivity index is 1.53. The van der Waals surface area contributed by atoms with Crippen LogP contribution in [0.5, 0.6) is 0 Å². The summed E-state index contributed by atoms with van der Waals surface area (Å²) in [7, 11) is 0. The summed E-state index contributed by atoms with van der Waals surface area (Å²) in [5.74, 6) is -0.696. The molecule has 0 saturated carbocycles. The highest BCUT2D eigenvalue weighted by molar-refractivity contribution is 6.30. The first kappa shape index (κ1) is 19.6. The Labute approximate surface area is 167 Å². The van der Waals surface area contributed by atoms with E-state index in [0.29, 0.717) is 29.4 Å². The molecule has 3 rings (SSSR count). The molecular formula is C21H19ClN2O4. The van der Waals surface area contributed by atoms with Gasteiger partial charge in [-0.25, -0.2) is 4.79 Å². The minimum Gasteiger partial charge on any atom is -0.452 e. The second kappa shape index (κ2) is 9.19. The zero-order valence-corrected chi connectivity index (χ0v) is 16.0. The molecule has 0 aliphatic heterocycles. The number of hydrogen-bond donors (Lipinski definition) is 1. The molecule has 144 valence electrons. The minimum absolute atomic E-state index is 0.220. The fourth-order valence-corrected chi connectivity index (χ4v) is 2.91. The van der Waals surface area contributed by atoms with Crippen molar-refractivity contribution in [1.82, 2.24) is 10.5 Å². The third kappa shape index (κ3) is 4.98. The van der Waals surface area contributed by atoms with Crippen LogP contribution >= 0.6 is 11.6 Å². The summed E-state index contributed by atoms with van der Waals surface area (Å²) >= 11 is 5.93. The maximum atomic E-state index is 12.4. The highest BCUT2D eigenvalue weighted by Gasteiger charge is 2.23. The molecule has 0 fully saturated rings. The predicted octanol–water partition coefficient (Wildman–Crippen LogP) is 3.82. The Kier molecular flexibility index (Phi) is 6.45. The molecule has 0 spiro atoms. The average molecular weight is 399 g/mol. The number of nitrogens with zero attached hydrogens (tertiary/aromatic N) is 1. The lowest BCUT2D eigenvalue weighted by Crippen LogP contribution is -2.30. The van der Waals surface area contributed by atoms with Gasteiger partial charge in [0.1, 0.15) is 17.0 Å². The Morgan fingerprint density at radius 1 is 1.14 bits per heavy atom. The molecule has 2 aromatic carbocycles. The van der Waals surface area contributed by atoms with Gasteiger partial charge in [0, 0.05) is 17.1 Å². The van der Waals surface area contributed by atoms with Gasteiger partial charge >= 0.3 is 5.97 Å². The average Bonchev–Trinajstić information content (AvgIpc) is 3.08. The molecule has 0 unspecified atom stereocenters. The fraction of sp³-hybridized carbons (Fsp3) is 0.190. The number of rotatable bonds is 7. The maximum absolute atomic E-state index is 12.4. The van der Waals surface area contributed by atoms with Crippen LogP contribution < -0.4 is 5.32 Å². The van der Waals surface area contributed by atoms with Crippen molar-refractivity contribution in [3.8, 4) is 11.3 Å². The van der Waals surface area contributed by atoms with Crippen LogP contribution in [0.1, 0.15) is 21.7 Å². The summed E-state index contributed by atoms with van der Waals surface area (Å²) in [5, 5.41) is 7.30. The van der Waals surface area contributed by atoms with Crippen LogP contribution in [0.4, 0.5) is 0 Å². The van der Waals surface area contributed by atoms with Crippen molar-refractivity contribution in [3.05, 3.63) is 76.5 Å². The summed E-state index contributed by atoms with van der Waals surface area (Å²) in [5.41, 5.74) is 2.36. The topological polar surface area (TPSA) is 81.4 Å². The molecular weight excluding hydrogens is 380 g/mol. The van der Waals surface area contributed by atoms with Gasteiger partial charge in [0.15, 0.2) is 6.61 Å². The molecule has 7 heteroatoms. The molecule has 6 nitrogen and oxygen atoms in total. The van der Waals surface area contributed by atoms with Crippen molar-refractivity contribution in [2.45, 2.75) is 13.3 Å². The van der Waals surface area contributed by atoms with Gasteiger partial charge in [-0.3, -0.25) is 4.79 Å². The number of ether oxygens (including phenoxy) is 1. The van der Waals surface area contributed by atoms with Crippen LogP contribution in [-0.4, -0.2) is 30.2 Å². The van der Waals surface area contributed by atoms with E-state index in [-0.39, 0.29) is 18.1 Å². The third-order valence-corrected chi connectivity index (χ3v) is 4.31. The highest BCUT2D eigenvalue weighted by atomic mass is 35.5. The monoisotopic (exact) mass is 398 g/mol. The first-order valence-electron chi connectivity index (χ1n) is 8.74. The Morgan fingerprint density at radius 3 is 2.68 bits per heavy atom. The van der Waals surface area contributed by atoms with Gasteiger partial charge in [0.05, 0.1) is 0 Å². The highest BCUT2D eigenvalue weighted by Crippen LogP contribution is 2.25. The van der Waals surface area contributed by atoms with Crippen molar-refractivity contribution < 1.29 is 18.8 Å². The normalized spacial score (nSPS) is 10.5. The van der Waals surface area contributed by atoms with E-state index >= 15 is 0 Å². The van der Waals surface area contributed by atoms with Crippen LogP contribution in [0.3, 0.4) is 0 Å². The number of aryl methyl sites for hydroxylation is 1. The molecule has 3 aromatic rings. The molecule has 0 bridgehead atoms. The van der Waals surface area contributed by atoms with E-state index in [1.807, 2.05) is 48.5 Å². The van der Waals surface area contributed by atoms with Gasteiger partial charge in [-0.1, -0.05) is 59.2 Å². The lowest BCUT2D eigenvalue weighted by Gasteiger charge is -2.07. The maximum Gasteiger partial charge on any atom is 0.344 e. The summed E-state index contributed by atoms with van der Waals surface area (Å²) < 4.78 is 10.3. The van der Waals surface area contributed by atoms with Crippen molar-refractivity contribution in [3.63, 3.8) is 0 Å². The second-order valence-corrected chi connectivity index (χ2v) is 6.57. The molecule has 0 saturated heterocycles. The van der Waals surface area contributed by atoms with Crippen LogP contribution in [-0.2, 0) is 16.0 Å². The van der Waals surface area contributed by atoms with Gasteiger partial charge in [-0.05, 0) is 31.0 Å². The summed E-state index contributed by atoms with van der Waals surface area (Å²) in [6.07, 6.45) is 0.628. The lowest BCUT2D eigenvalue weighted by atomic mass is 10.1. The van der Waals surface area contributed by atoms with E-state index in [9.17, 15) is 9.59 Å². The van der Waals surface area contributed by atoms with Crippen molar-refractivity contribution in [2.24, 2.45) is 0 Å². The summed E-state index contributed by atoms with van der Waals surface area (Å²) in [6, 6.07) is 16.6. The van der Waals surface area contributed by atoms with E-state index in [1.165, 1.54) is 0 Å². The van der Waals surface area contributed by atoms with Crippen molar-refractivity contribution in [2.75, 3.05) is 13.2 Å². The van der Waals surface area contributed by atoms with Crippen molar-refractivity contribution in [1.29, 1.82) is 0 Å². The molecule has 1 aromatic heterocycles. The second-order valence-electron chi connectivity index (χ2n) is 6.13. The standard InChI is InChI=1S/C21H19ClN2O4/c1-14-19(20(24-28-14)16-7-3-2-4-8-16)21(26)27-13-18(25)23-11-10-15-6-5-9-17(22)12-15/h2-9,12H,10-11,13H2,1H3,(H,23,25). The zero-order valence-electron chi connectivity index (χ0n) is 15.3. The molecule has 0 aliphatic carbocycles. The molecule has 1 heterocycles. The van der Waals surface area contributed by atoms with Crippen LogP contribution in [0.25, 0.3) is 11.3 Å².